The summed E-state index contributed by atoms with van der Waals surface area (Å²) in [5.74, 6) is -1.28. The van der Waals surface area contributed by atoms with Crippen molar-refractivity contribution < 1.29 is 59.9 Å². The van der Waals surface area contributed by atoms with Crippen LogP contribution in [0.1, 0.15) is 21.7 Å². The molecule has 2 N–H and O–H groups in total. The van der Waals surface area contributed by atoms with Crippen LogP contribution in [0.3, 0.4) is 0 Å². The number of carbonyl (C=O) groups is 3. The maximum atomic E-state index is 11.6. The molecule has 8 nitrogen and oxygen atoms in total. The van der Waals surface area contributed by atoms with E-state index >= 15 is 0 Å². The number of nitrogens with zero attached hydrogens (tertiary/aromatic N) is 1. The molecule has 1 amide bonds. The van der Waals surface area contributed by atoms with Crippen LogP contribution >= 0.6 is 11.8 Å². The van der Waals surface area contributed by atoms with Gasteiger partial charge in [-0.1, -0.05) is 18.3 Å². The van der Waals surface area contributed by atoms with Gasteiger partial charge in [-0.2, -0.15) is 0 Å². The molecule has 0 aromatic heterocycles. The number of fused-ring (bicyclic) bond motifs is 1. The Hall–Kier alpha value is -1.16. The summed E-state index contributed by atoms with van der Waals surface area (Å²) < 4.78 is 10.2. The number of carboxylic acids is 1. The van der Waals surface area contributed by atoms with Gasteiger partial charge in [-0.3, -0.25) is 4.79 Å². The van der Waals surface area contributed by atoms with E-state index in [0.717, 1.165) is 11.8 Å². The molecule has 25 heavy (non-hydrogen) atoms. The van der Waals surface area contributed by atoms with Gasteiger partial charge < -0.3 is 26.2 Å². The van der Waals surface area contributed by atoms with Crippen LogP contribution in [0.5, 0.6) is 0 Å². The third-order valence-corrected chi connectivity index (χ3v) is 5.50. The summed E-state index contributed by atoms with van der Waals surface area (Å²) in [4.78, 5) is 36.4. The van der Waals surface area contributed by atoms with E-state index in [1.165, 1.54) is 6.92 Å². The molecule has 0 aromatic rings. The molecule has 0 saturated carbocycles. The van der Waals surface area contributed by atoms with Crippen LogP contribution in [0, 0.1) is 5.92 Å². The van der Waals surface area contributed by atoms with Gasteiger partial charge in [0, 0.05) is 36.8 Å². The molecule has 3 aliphatic heterocycles. The zero-order chi connectivity index (χ0) is 17.6. The fourth-order valence-electron chi connectivity index (χ4n) is 3.44. The normalized spacial score (nSPS) is 29.8. The van der Waals surface area contributed by atoms with Crippen molar-refractivity contribution in [2.45, 2.75) is 31.9 Å². The Bertz CT molecular complexity index is 687. The Morgan fingerprint density at radius 3 is 2.72 bits per heavy atom. The molecule has 0 radical (unpaired) electrons. The van der Waals surface area contributed by atoms with Crippen LogP contribution in [-0.2, 0) is 19.1 Å². The van der Waals surface area contributed by atoms with E-state index in [9.17, 15) is 19.5 Å². The maximum absolute atomic E-state index is 11.6. The summed E-state index contributed by atoms with van der Waals surface area (Å²) in [7, 11) is 0. The Morgan fingerprint density at radius 2 is 2.20 bits per heavy atom. The number of cyclic esters (lactones) is 2. The minimum atomic E-state index is -1.01. The number of aliphatic carboxylic acids is 1. The Balaban J connectivity index is 0.00000169. The number of carboxylic acid groups (broad SMARTS) is 1. The van der Waals surface area contributed by atoms with Gasteiger partial charge in [-0.05, 0) is 6.92 Å². The number of nitrogens with one attached hydrogen (secondary N) is 1. The van der Waals surface area contributed by atoms with Crippen molar-refractivity contribution in [2.24, 2.45) is 5.92 Å². The predicted molar refractivity (Wildman–Crippen MR) is 85.8 cm³/mol. The van der Waals surface area contributed by atoms with Crippen LogP contribution in [0.15, 0.2) is 22.2 Å². The summed E-state index contributed by atoms with van der Waals surface area (Å²) in [5, 5.41) is 12.5. The van der Waals surface area contributed by atoms with E-state index < -0.39 is 17.7 Å². The predicted octanol–water partition coefficient (Wildman–Crippen LogP) is -1.63. The number of amides is 1. The van der Waals surface area contributed by atoms with Crippen LogP contribution in [-0.4, -0.2) is 52.8 Å². The Morgan fingerprint density at radius 1 is 1.52 bits per heavy atom. The third kappa shape index (κ3) is 3.69. The molecule has 3 aliphatic rings. The molecular weight excluding hydrogens is 359 g/mol. The molecule has 3 atom stereocenters. The summed E-state index contributed by atoms with van der Waals surface area (Å²) in [6, 6.07) is -0.0665. The van der Waals surface area contributed by atoms with Crippen molar-refractivity contribution in [3.05, 3.63) is 22.2 Å². The van der Waals surface area contributed by atoms with Crippen molar-refractivity contribution in [1.29, 1.82) is 0 Å². The maximum Gasteiger partial charge on any atom is 1.00 e. The monoisotopic (exact) mass is 378 g/mol. The van der Waals surface area contributed by atoms with Crippen molar-refractivity contribution in [2.75, 3.05) is 13.2 Å². The number of thioether (sulfide) groups is 1. The van der Waals surface area contributed by atoms with E-state index in [2.05, 4.69) is 11.9 Å². The van der Waals surface area contributed by atoms with Gasteiger partial charge in [0.2, 0.25) is 5.91 Å². The van der Waals surface area contributed by atoms with E-state index in [0.29, 0.717) is 22.9 Å². The van der Waals surface area contributed by atoms with E-state index in [4.69, 9.17) is 9.47 Å². The summed E-state index contributed by atoms with van der Waals surface area (Å²) >= 11 is 1.16. The molecule has 0 aliphatic carbocycles. The van der Waals surface area contributed by atoms with Gasteiger partial charge >= 0.3 is 41.7 Å². The average molecular weight is 378 g/mol. The van der Waals surface area contributed by atoms with Crippen LogP contribution in [0.4, 0.5) is 4.79 Å². The molecular formula is C15H19N2NaO6S. The fourth-order valence-corrected chi connectivity index (χ4v) is 4.49. The number of hydrogen-bond acceptors (Lipinski definition) is 7. The number of ether oxygens (including phenoxy) is 2. The molecule has 0 bridgehead atoms. The van der Waals surface area contributed by atoms with Gasteiger partial charge in [0.15, 0.2) is 5.60 Å². The average Bonchev–Trinajstić information content (AvgIpc) is 2.89. The minimum Gasteiger partial charge on any atom is -1.00 e. The minimum absolute atomic E-state index is 0. The van der Waals surface area contributed by atoms with Crippen molar-refractivity contribution >= 4 is 29.8 Å². The molecule has 10 heteroatoms. The standard InChI is InChI=1S/C15H18N2O6S.Na.H/c1-7(18)16-8(2)24-11-4-10-9(5-17(10)12(11)13(19)20)15(3)6-22-14(21)23-15;;/h9-10H,2,4-6H2,1,3H3,(H,16,18)(H,19,20);;/q;+1;-1. The number of rotatable bonds is 5. The van der Waals surface area contributed by atoms with Crippen LogP contribution in [0.25, 0.3) is 0 Å². The second-order valence-electron chi connectivity index (χ2n) is 6.27. The van der Waals surface area contributed by atoms with E-state index in [1.807, 2.05) is 6.92 Å². The van der Waals surface area contributed by atoms with Crippen molar-refractivity contribution in [3.63, 3.8) is 0 Å². The largest absolute Gasteiger partial charge is 1.00 e. The molecule has 132 valence electrons. The third-order valence-electron chi connectivity index (χ3n) is 4.55. The molecule has 2 fully saturated rings. The first kappa shape index (κ1) is 20.2. The second kappa shape index (κ2) is 7.22. The van der Waals surface area contributed by atoms with Gasteiger partial charge in [0.05, 0.1) is 5.03 Å². The number of hydrogen-bond donors (Lipinski definition) is 2. The molecule has 2 saturated heterocycles. The summed E-state index contributed by atoms with van der Waals surface area (Å²) in [6.45, 7) is 7.57. The molecule has 3 unspecified atom stereocenters. The first-order valence-electron chi connectivity index (χ1n) is 7.44. The Kier molecular flexibility index (Phi) is 5.82. The topological polar surface area (TPSA) is 105 Å². The first-order valence-corrected chi connectivity index (χ1v) is 8.26. The van der Waals surface area contributed by atoms with Gasteiger partial charge in [0.25, 0.3) is 0 Å². The zero-order valence-electron chi connectivity index (χ0n) is 15.3. The fraction of sp³-hybridized carbons (Fsp3) is 0.533. The van der Waals surface area contributed by atoms with E-state index in [1.54, 1.807) is 4.90 Å². The van der Waals surface area contributed by atoms with Crippen LogP contribution < -0.4 is 34.9 Å². The molecule has 0 spiro atoms. The Labute approximate surface area is 172 Å². The summed E-state index contributed by atoms with van der Waals surface area (Å²) in [6.07, 6.45) is -0.183. The van der Waals surface area contributed by atoms with Gasteiger partial charge in [-0.15, -0.1) is 0 Å². The zero-order valence-corrected chi connectivity index (χ0v) is 17.1. The molecule has 3 rings (SSSR count). The van der Waals surface area contributed by atoms with Gasteiger partial charge in [-0.25, -0.2) is 9.59 Å². The molecule has 0 aromatic carbocycles. The van der Waals surface area contributed by atoms with Crippen LogP contribution in [0.2, 0.25) is 0 Å². The van der Waals surface area contributed by atoms with Gasteiger partial charge in [0.1, 0.15) is 12.3 Å². The quantitative estimate of drug-likeness (QED) is 0.434. The summed E-state index contributed by atoms with van der Waals surface area (Å²) in [5.41, 5.74) is -0.516. The SMILES string of the molecule is C=C(NC(C)=O)SC1=C(C(=O)O)N2CC(C3(C)COC(=O)O3)C2C1.[H-].[Na+]. The van der Waals surface area contributed by atoms with E-state index in [-0.39, 0.29) is 61.2 Å². The number of carbonyl (C=O) groups excluding carboxylic acids is 2. The smallest absolute Gasteiger partial charge is 1.00 e. The van der Waals surface area contributed by atoms with Crippen molar-refractivity contribution in [3.8, 4) is 0 Å². The first-order chi connectivity index (χ1) is 11.2. The second-order valence-corrected chi connectivity index (χ2v) is 7.46. The van der Waals surface area contributed by atoms with Crippen molar-refractivity contribution in [1.82, 2.24) is 10.2 Å². The molecule has 3 heterocycles.